The van der Waals surface area contributed by atoms with E-state index in [0.717, 1.165) is 23.6 Å². The molecule has 2 rings (SSSR count). The van der Waals surface area contributed by atoms with Crippen molar-refractivity contribution in [2.75, 3.05) is 20.8 Å². The minimum Gasteiger partial charge on any atom is -0.497 e. The van der Waals surface area contributed by atoms with Gasteiger partial charge in [0.25, 0.3) is 0 Å². The summed E-state index contributed by atoms with van der Waals surface area (Å²) < 4.78 is 10.9. The average Bonchev–Trinajstić information content (AvgIpc) is 2.52. The number of nitrogens with one attached hydrogen (secondary N) is 1. The highest BCUT2D eigenvalue weighted by molar-refractivity contribution is 5.46. The monoisotopic (exact) mass is 285 g/mol. The van der Waals surface area contributed by atoms with E-state index >= 15 is 0 Å². The van der Waals surface area contributed by atoms with E-state index in [-0.39, 0.29) is 6.04 Å². The highest BCUT2D eigenvalue weighted by atomic mass is 16.5. The Hall–Kier alpha value is -2.00. The van der Waals surface area contributed by atoms with E-state index in [2.05, 4.69) is 43.4 Å². The lowest BCUT2D eigenvalue weighted by molar-refractivity contribution is 0.394. The molecule has 0 amide bonds. The zero-order valence-corrected chi connectivity index (χ0v) is 13.1. The summed E-state index contributed by atoms with van der Waals surface area (Å²) >= 11 is 0. The Morgan fingerprint density at radius 3 is 2.48 bits per heavy atom. The molecule has 0 heterocycles. The summed E-state index contributed by atoms with van der Waals surface area (Å²) in [6.45, 7) is 5.09. The zero-order valence-electron chi connectivity index (χ0n) is 13.1. The van der Waals surface area contributed by atoms with Gasteiger partial charge in [-0.3, -0.25) is 0 Å². The lowest BCUT2D eigenvalue weighted by Crippen LogP contribution is -2.22. The number of hydrogen-bond acceptors (Lipinski definition) is 3. The SMILES string of the molecule is CCNC(c1cccc(C)c1)c1cc(OC)ccc1OC. The molecule has 3 heteroatoms. The Bertz CT molecular complexity index is 596. The van der Waals surface area contributed by atoms with E-state index in [1.165, 1.54) is 11.1 Å². The van der Waals surface area contributed by atoms with Crippen LogP contribution in [0.5, 0.6) is 11.5 Å². The van der Waals surface area contributed by atoms with Crippen molar-refractivity contribution >= 4 is 0 Å². The Morgan fingerprint density at radius 1 is 1.05 bits per heavy atom. The number of benzene rings is 2. The molecule has 0 aliphatic carbocycles. The predicted molar refractivity (Wildman–Crippen MR) is 86.2 cm³/mol. The number of aryl methyl sites for hydroxylation is 1. The van der Waals surface area contributed by atoms with E-state index in [4.69, 9.17) is 9.47 Å². The van der Waals surface area contributed by atoms with Gasteiger partial charge in [-0.05, 0) is 37.2 Å². The van der Waals surface area contributed by atoms with E-state index in [1.54, 1.807) is 14.2 Å². The highest BCUT2D eigenvalue weighted by Gasteiger charge is 2.18. The summed E-state index contributed by atoms with van der Waals surface area (Å²) in [5, 5.41) is 3.53. The molecule has 0 saturated heterocycles. The molecule has 0 spiro atoms. The largest absolute Gasteiger partial charge is 0.497 e. The van der Waals surface area contributed by atoms with E-state index in [1.807, 2.05) is 18.2 Å². The predicted octanol–water partition coefficient (Wildman–Crippen LogP) is 3.71. The van der Waals surface area contributed by atoms with Crippen LogP contribution in [-0.4, -0.2) is 20.8 Å². The number of rotatable bonds is 6. The standard InChI is InChI=1S/C18H23NO2/c1-5-19-18(14-8-6-7-13(2)11-14)16-12-15(20-3)9-10-17(16)21-4/h6-12,18-19H,5H2,1-4H3. The minimum atomic E-state index is 0.0833. The number of ether oxygens (including phenoxy) is 2. The van der Waals surface area contributed by atoms with Gasteiger partial charge in [0.15, 0.2) is 0 Å². The van der Waals surface area contributed by atoms with E-state index < -0.39 is 0 Å². The lowest BCUT2D eigenvalue weighted by Gasteiger charge is -2.22. The second-order valence-electron chi connectivity index (χ2n) is 5.01. The summed E-state index contributed by atoms with van der Waals surface area (Å²) in [6.07, 6.45) is 0. The van der Waals surface area contributed by atoms with Crippen molar-refractivity contribution in [1.82, 2.24) is 5.32 Å². The van der Waals surface area contributed by atoms with Crippen molar-refractivity contribution in [2.45, 2.75) is 19.9 Å². The second-order valence-corrected chi connectivity index (χ2v) is 5.01. The Labute approximate surface area is 126 Å². The summed E-state index contributed by atoms with van der Waals surface area (Å²) in [6, 6.07) is 14.5. The van der Waals surface area contributed by atoms with Crippen LogP contribution in [-0.2, 0) is 0 Å². The first-order chi connectivity index (χ1) is 10.2. The maximum Gasteiger partial charge on any atom is 0.124 e. The van der Waals surface area contributed by atoms with Crippen molar-refractivity contribution in [2.24, 2.45) is 0 Å². The molecule has 0 fully saturated rings. The highest BCUT2D eigenvalue weighted by Crippen LogP contribution is 2.33. The fourth-order valence-corrected chi connectivity index (χ4v) is 2.53. The van der Waals surface area contributed by atoms with Gasteiger partial charge >= 0.3 is 0 Å². The Kier molecular flexibility index (Phi) is 5.23. The fourth-order valence-electron chi connectivity index (χ4n) is 2.53. The van der Waals surface area contributed by atoms with Gasteiger partial charge in [-0.15, -0.1) is 0 Å². The molecule has 2 aromatic rings. The summed E-state index contributed by atoms with van der Waals surface area (Å²) in [5.74, 6) is 1.70. The molecule has 0 bridgehead atoms. The van der Waals surface area contributed by atoms with Crippen LogP contribution in [0.1, 0.15) is 29.7 Å². The van der Waals surface area contributed by atoms with E-state index in [9.17, 15) is 0 Å². The van der Waals surface area contributed by atoms with Gasteiger partial charge in [-0.25, -0.2) is 0 Å². The third-order valence-electron chi connectivity index (χ3n) is 3.53. The van der Waals surface area contributed by atoms with Crippen LogP contribution in [0.3, 0.4) is 0 Å². The van der Waals surface area contributed by atoms with Crippen LogP contribution >= 0.6 is 0 Å². The third-order valence-corrected chi connectivity index (χ3v) is 3.53. The van der Waals surface area contributed by atoms with Gasteiger partial charge in [-0.2, -0.15) is 0 Å². The molecule has 2 aromatic carbocycles. The topological polar surface area (TPSA) is 30.5 Å². The van der Waals surface area contributed by atoms with Crippen LogP contribution in [0.25, 0.3) is 0 Å². The molecule has 21 heavy (non-hydrogen) atoms. The fraction of sp³-hybridized carbons (Fsp3) is 0.333. The normalized spacial score (nSPS) is 12.0. The maximum atomic E-state index is 5.53. The van der Waals surface area contributed by atoms with Crippen LogP contribution in [0.4, 0.5) is 0 Å². The molecule has 1 unspecified atom stereocenters. The van der Waals surface area contributed by atoms with Gasteiger partial charge in [0.2, 0.25) is 0 Å². The molecule has 0 saturated carbocycles. The van der Waals surface area contributed by atoms with Crippen LogP contribution < -0.4 is 14.8 Å². The first-order valence-electron chi connectivity index (χ1n) is 7.21. The quantitative estimate of drug-likeness (QED) is 0.877. The van der Waals surface area contributed by atoms with Crippen molar-refractivity contribution in [3.63, 3.8) is 0 Å². The smallest absolute Gasteiger partial charge is 0.124 e. The van der Waals surface area contributed by atoms with Gasteiger partial charge in [0.1, 0.15) is 11.5 Å². The summed E-state index contributed by atoms with van der Waals surface area (Å²) in [4.78, 5) is 0. The Morgan fingerprint density at radius 2 is 1.86 bits per heavy atom. The third kappa shape index (κ3) is 3.56. The van der Waals surface area contributed by atoms with Crippen molar-refractivity contribution in [3.05, 3.63) is 59.2 Å². The number of methoxy groups -OCH3 is 2. The molecular formula is C18H23NO2. The molecule has 3 nitrogen and oxygen atoms in total. The first-order valence-corrected chi connectivity index (χ1v) is 7.21. The molecule has 0 aromatic heterocycles. The minimum absolute atomic E-state index is 0.0833. The molecule has 112 valence electrons. The second kappa shape index (κ2) is 7.14. The van der Waals surface area contributed by atoms with E-state index in [0.29, 0.717) is 0 Å². The van der Waals surface area contributed by atoms with Gasteiger partial charge < -0.3 is 14.8 Å². The molecular weight excluding hydrogens is 262 g/mol. The first kappa shape index (κ1) is 15.4. The average molecular weight is 285 g/mol. The molecule has 1 N–H and O–H groups in total. The van der Waals surface area contributed by atoms with Crippen LogP contribution in [0.2, 0.25) is 0 Å². The van der Waals surface area contributed by atoms with Crippen molar-refractivity contribution in [3.8, 4) is 11.5 Å². The van der Waals surface area contributed by atoms with Crippen LogP contribution in [0.15, 0.2) is 42.5 Å². The van der Waals surface area contributed by atoms with Gasteiger partial charge in [-0.1, -0.05) is 36.8 Å². The maximum absolute atomic E-state index is 5.53. The number of hydrogen-bond donors (Lipinski definition) is 1. The van der Waals surface area contributed by atoms with Crippen molar-refractivity contribution in [1.29, 1.82) is 0 Å². The van der Waals surface area contributed by atoms with Crippen LogP contribution in [0, 0.1) is 6.92 Å². The summed E-state index contributed by atoms with van der Waals surface area (Å²) in [7, 11) is 3.38. The lowest BCUT2D eigenvalue weighted by atomic mass is 9.96. The molecule has 0 aliphatic rings. The molecule has 1 atom stereocenters. The molecule has 0 radical (unpaired) electrons. The van der Waals surface area contributed by atoms with Gasteiger partial charge in [0.05, 0.1) is 20.3 Å². The van der Waals surface area contributed by atoms with Crippen molar-refractivity contribution < 1.29 is 9.47 Å². The molecule has 0 aliphatic heterocycles. The van der Waals surface area contributed by atoms with Gasteiger partial charge in [0, 0.05) is 5.56 Å². The summed E-state index contributed by atoms with van der Waals surface area (Å²) in [5.41, 5.74) is 3.56. The zero-order chi connectivity index (χ0) is 15.2. The Balaban J connectivity index is 2.51.